The lowest BCUT2D eigenvalue weighted by Crippen LogP contribution is -2.35. The molecule has 0 saturated heterocycles. The van der Waals surface area contributed by atoms with Crippen LogP contribution in [0.3, 0.4) is 0 Å². The lowest BCUT2D eigenvalue weighted by Gasteiger charge is -2.11. The molecule has 2 rings (SSSR count). The zero-order valence-corrected chi connectivity index (χ0v) is 13.2. The summed E-state index contributed by atoms with van der Waals surface area (Å²) in [7, 11) is 0. The Morgan fingerprint density at radius 1 is 1.55 bits per heavy atom. The molecule has 1 heterocycles. The predicted molar refractivity (Wildman–Crippen MR) is 80.7 cm³/mol. The Hall–Kier alpha value is -1.37. The van der Waals surface area contributed by atoms with Crippen LogP contribution in [0.25, 0.3) is 0 Å². The van der Waals surface area contributed by atoms with Crippen molar-refractivity contribution in [2.75, 3.05) is 11.9 Å². The molecular formula is C13H19BrN4O2. The summed E-state index contributed by atoms with van der Waals surface area (Å²) in [6, 6.07) is 0.0948. The van der Waals surface area contributed by atoms with Crippen molar-refractivity contribution in [1.29, 1.82) is 0 Å². The third kappa shape index (κ3) is 4.06. The van der Waals surface area contributed by atoms with Crippen LogP contribution in [-0.2, 0) is 11.3 Å². The van der Waals surface area contributed by atoms with Crippen LogP contribution in [0, 0.1) is 5.92 Å². The van der Waals surface area contributed by atoms with Crippen molar-refractivity contribution in [1.82, 2.24) is 15.1 Å². The number of carbonyl (C=O) groups excluding carboxylic acids is 1. The first kappa shape index (κ1) is 15.0. The molecule has 110 valence electrons. The minimum Gasteiger partial charge on any atom is -0.374 e. The van der Waals surface area contributed by atoms with E-state index in [1.807, 2.05) is 13.8 Å². The van der Waals surface area contributed by atoms with Gasteiger partial charge in [-0.05, 0) is 48.5 Å². The highest BCUT2D eigenvalue weighted by Crippen LogP contribution is 2.30. The van der Waals surface area contributed by atoms with E-state index in [9.17, 15) is 9.59 Å². The second-order valence-corrected chi connectivity index (χ2v) is 6.17. The lowest BCUT2D eigenvalue weighted by molar-refractivity contribution is -0.119. The molecule has 2 N–H and O–H groups in total. The molecule has 1 aromatic rings. The number of nitrogens with zero attached hydrogens (tertiary/aromatic N) is 2. The molecule has 0 spiro atoms. The molecule has 1 amide bonds. The van der Waals surface area contributed by atoms with Gasteiger partial charge in [0.25, 0.3) is 5.56 Å². The number of nitrogens with one attached hydrogen (secondary N) is 2. The Morgan fingerprint density at radius 3 is 2.85 bits per heavy atom. The Kier molecular flexibility index (Phi) is 4.80. The Balaban J connectivity index is 1.99. The smallest absolute Gasteiger partial charge is 0.283 e. The molecular weight excluding hydrogens is 324 g/mol. The fourth-order valence-corrected chi connectivity index (χ4v) is 2.26. The van der Waals surface area contributed by atoms with Gasteiger partial charge in [-0.2, -0.15) is 5.10 Å². The van der Waals surface area contributed by atoms with Crippen LogP contribution in [0.1, 0.15) is 26.7 Å². The molecule has 0 bridgehead atoms. The second-order valence-electron chi connectivity index (χ2n) is 5.38. The standard InChI is InChI=1S/C13H19BrN4O2/c1-8(2)17-11(19)6-15-10-5-16-18(7-9-3-4-9)13(20)12(10)14/h5,8-9,15H,3-4,6-7H2,1-2H3,(H,17,19). The maximum Gasteiger partial charge on any atom is 0.283 e. The summed E-state index contributed by atoms with van der Waals surface area (Å²) in [5, 5.41) is 9.83. The van der Waals surface area contributed by atoms with E-state index in [-0.39, 0.29) is 24.1 Å². The third-order valence-electron chi connectivity index (χ3n) is 3.00. The fraction of sp³-hybridized carbons (Fsp3) is 0.615. The van der Waals surface area contributed by atoms with E-state index in [1.54, 1.807) is 6.20 Å². The number of hydrogen-bond donors (Lipinski definition) is 2. The summed E-state index contributed by atoms with van der Waals surface area (Å²) in [4.78, 5) is 23.6. The average molecular weight is 343 g/mol. The number of amides is 1. The van der Waals surface area contributed by atoms with Crippen molar-refractivity contribution < 1.29 is 4.79 Å². The van der Waals surface area contributed by atoms with E-state index in [2.05, 4.69) is 31.7 Å². The zero-order chi connectivity index (χ0) is 14.7. The van der Waals surface area contributed by atoms with Crippen LogP contribution in [0.2, 0.25) is 0 Å². The summed E-state index contributed by atoms with van der Waals surface area (Å²) in [5.41, 5.74) is 0.382. The van der Waals surface area contributed by atoms with Crippen LogP contribution >= 0.6 is 15.9 Å². The number of aromatic nitrogens is 2. The van der Waals surface area contributed by atoms with E-state index < -0.39 is 0 Å². The molecule has 1 aliphatic rings. The summed E-state index contributed by atoms with van der Waals surface area (Å²) in [5.74, 6) is 0.469. The van der Waals surface area contributed by atoms with Gasteiger partial charge in [-0.3, -0.25) is 9.59 Å². The van der Waals surface area contributed by atoms with Crippen molar-refractivity contribution in [3.05, 3.63) is 21.0 Å². The average Bonchev–Trinajstić information content (AvgIpc) is 3.17. The Morgan fingerprint density at radius 2 is 2.25 bits per heavy atom. The largest absolute Gasteiger partial charge is 0.374 e. The third-order valence-corrected chi connectivity index (χ3v) is 3.77. The second kappa shape index (κ2) is 6.39. The molecule has 1 aromatic heterocycles. The van der Waals surface area contributed by atoms with Crippen LogP contribution in [0.5, 0.6) is 0 Å². The molecule has 7 heteroatoms. The number of anilines is 1. The van der Waals surface area contributed by atoms with Gasteiger partial charge >= 0.3 is 0 Å². The van der Waals surface area contributed by atoms with E-state index in [0.29, 0.717) is 22.6 Å². The van der Waals surface area contributed by atoms with Gasteiger partial charge in [0.1, 0.15) is 4.47 Å². The van der Waals surface area contributed by atoms with Crippen molar-refractivity contribution in [2.24, 2.45) is 5.92 Å². The molecule has 1 fully saturated rings. The van der Waals surface area contributed by atoms with Gasteiger partial charge in [0.2, 0.25) is 5.91 Å². The van der Waals surface area contributed by atoms with Crippen LogP contribution < -0.4 is 16.2 Å². The molecule has 1 aliphatic carbocycles. The molecule has 0 atom stereocenters. The Labute approximate surface area is 126 Å². The quantitative estimate of drug-likeness (QED) is 0.818. The first-order valence-electron chi connectivity index (χ1n) is 6.76. The number of carbonyl (C=O) groups is 1. The molecule has 6 nitrogen and oxygen atoms in total. The highest BCUT2D eigenvalue weighted by atomic mass is 79.9. The zero-order valence-electron chi connectivity index (χ0n) is 11.6. The number of hydrogen-bond acceptors (Lipinski definition) is 4. The van der Waals surface area contributed by atoms with Gasteiger partial charge in [0.05, 0.1) is 18.4 Å². The number of rotatable bonds is 6. The van der Waals surface area contributed by atoms with E-state index >= 15 is 0 Å². The molecule has 0 aliphatic heterocycles. The summed E-state index contributed by atoms with van der Waals surface area (Å²) in [6.45, 7) is 4.58. The van der Waals surface area contributed by atoms with Crippen molar-refractivity contribution in [2.45, 2.75) is 39.3 Å². The highest BCUT2D eigenvalue weighted by molar-refractivity contribution is 9.10. The van der Waals surface area contributed by atoms with Crippen molar-refractivity contribution in [3.8, 4) is 0 Å². The van der Waals surface area contributed by atoms with Crippen LogP contribution in [0.15, 0.2) is 15.5 Å². The van der Waals surface area contributed by atoms with Gasteiger partial charge in [0.15, 0.2) is 0 Å². The minimum atomic E-state index is -0.161. The maximum absolute atomic E-state index is 12.1. The summed E-state index contributed by atoms with van der Waals surface area (Å²) in [6.07, 6.45) is 3.92. The van der Waals surface area contributed by atoms with Gasteiger partial charge in [0, 0.05) is 12.6 Å². The maximum atomic E-state index is 12.1. The Bertz CT molecular complexity index is 552. The molecule has 1 saturated carbocycles. The fourth-order valence-electron chi connectivity index (χ4n) is 1.81. The van der Waals surface area contributed by atoms with Crippen LogP contribution in [-0.4, -0.2) is 28.3 Å². The van der Waals surface area contributed by atoms with Gasteiger partial charge in [-0.25, -0.2) is 4.68 Å². The van der Waals surface area contributed by atoms with Gasteiger partial charge in [-0.15, -0.1) is 0 Å². The normalized spacial score (nSPS) is 14.4. The molecule has 0 unspecified atom stereocenters. The van der Waals surface area contributed by atoms with E-state index in [0.717, 1.165) is 0 Å². The first-order valence-corrected chi connectivity index (χ1v) is 7.55. The first-order chi connectivity index (χ1) is 9.47. The van der Waals surface area contributed by atoms with E-state index in [1.165, 1.54) is 17.5 Å². The monoisotopic (exact) mass is 342 g/mol. The minimum absolute atomic E-state index is 0.0948. The SMILES string of the molecule is CC(C)NC(=O)CNc1cnn(CC2CC2)c(=O)c1Br. The predicted octanol–water partition coefficient (Wildman–Crippen LogP) is 1.35. The lowest BCUT2D eigenvalue weighted by atomic mass is 10.3. The molecule has 0 aromatic carbocycles. The topological polar surface area (TPSA) is 76.0 Å². The van der Waals surface area contributed by atoms with Gasteiger partial charge < -0.3 is 10.6 Å². The van der Waals surface area contributed by atoms with Crippen LogP contribution in [0.4, 0.5) is 5.69 Å². The van der Waals surface area contributed by atoms with Crippen molar-refractivity contribution in [3.63, 3.8) is 0 Å². The van der Waals surface area contributed by atoms with E-state index in [4.69, 9.17) is 0 Å². The van der Waals surface area contributed by atoms with Gasteiger partial charge in [-0.1, -0.05) is 0 Å². The highest BCUT2D eigenvalue weighted by Gasteiger charge is 2.23. The number of halogens is 1. The van der Waals surface area contributed by atoms with Crippen molar-refractivity contribution >= 4 is 27.5 Å². The summed E-state index contributed by atoms with van der Waals surface area (Å²) < 4.78 is 1.90. The summed E-state index contributed by atoms with van der Waals surface area (Å²) >= 11 is 3.27. The molecule has 20 heavy (non-hydrogen) atoms. The molecule has 0 radical (unpaired) electrons.